The van der Waals surface area contributed by atoms with Gasteiger partial charge < -0.3 is 13.9 Å². The zero-order valence-electron chi connectivity index (χ0n) is 30.5. The van der Waals surface area contributed by atoms with Crippen LogP contribution in [0.15, 0.2) is 180 Å². The fourth-order valence-electron chi connectivity index (χ4n) is 8.49. The van der Waals surface area contributed by atoms with Gasteiger partial charge in [0.05, 0.1) is 11.0 Å². The minimum atomic E-state index is 0.883. The Bertz CT molecular complexity index is 2940. The molecule has 10 rings (SSSR count). The molecule has 0 fully saturated rings. The van der Waals surface area contributed by atoms with Gasteiger partial charge in [-0.1, -0.05) is 109 Å². The van der Waals surface area contributed by atoms with Gasteiger partial charge >= 0.3 is 0 Å². The molecule has 0 atom stereocenters. The van der Waals surface area contributed by atoms with Gasteiger partial charge in [-0.3, -0.25) is 0 Å². The predicted molar refractivity (Wildman–Crippen MR) is 228 cm³/mol. The Kier molecular flexibility index (Phi) is 7.48. The molecule has 3 heteroatoms. The Morgan fingerprint density at radius 1 is 0.444 bits per heavy atom. The van der Waals surface area contributed by atoms with Gasteiger partial charge in [-0.05, 0) is 121 Å². The lowest BCUT2D eigenvalue weighted by Crippen LogP contribution is -2.11. The van der Waals surface area contributed by atoms with Gasteiger partial charge in [0.25, 0.3) is 0 Å². The summed E-state index contributed by atoms with van der Waals surface area (Å²) >= 11 is 0. The summed E-state index contributed by atoms with van der Waals surface area (Å²) in [4.78, 5) is 2.40. The van der Waals surface area contributed by atoms with Crippen LogP contribution in [-0.4, -0.2) is 4.57 Å². The van der Waals surface area contributed by atoms with E-state index in [-0.39, 0.29) is 0 Å². The predicted octanol–water partition coefficient (Wildman–Crippen LogP) is 14.4. The molecule has 0 aliphatic carbocycles. The number of aromatic nitrogens is 1. The lowest BCUT2D eigenvalue weighted by atomic mass is 9.94. The summed E-state index contributed by atoms with van der Waals surface area (Å²) in [6, 6.07) is 63.4. The van der Waals surface area contributed by atoms with Crippen molar-refractivity contribution in [1.29, 1.82) is 0 Å². The SMILES string of the molecule is Cc1cccc(N(c2cc(C)c(-c3ccccc3)c(C)c2)c2cc(-c3ccc(-n4c5ccccc5c5ccccc54)cc3)c3oc4ccccc4c3c2)c1. The van der Waals surface area contributed by atoms with Crippen LogP contribution in [-0.2, 0) is 0 Å². The fourth-order valence-corrected chi connectivity index (χ4v) is 8.49. The highest BCUT2D eigenvalue weighted by Crippen LogP contribution is 2.45. The number of hydrogen-bond donors (Lipinski definition) is 0. The van der Waals surface area contributed by atoms with E-state index in [2.05, 4.69) is 200 Å². The average Bonchev–Trinajstić information content (AvgIpc) is 3.74. The van der Waals surface area contributed by atoms with Crippen molar-refractivity contribution < 1.29 is 4.42 Å². The maximum absolute atomic E-state index is 6.70. The smallest absolute Gasteiger partial charge is 0.143 e. The van der Waals surface area contributed by atoms with Crippen molar-refractivity contribution in [3.63, 3.8) is 0 Å². The number of para-hydroxylation sites is 3. The van der Waals surface area contributed by atoms with Crippen LogP contribution in [0.4, 0.5) is 17.1 Å². The zero-order chi connectivity index (χ0) is 36.3. The number of nitrogens with zero attached hydrogens (tertiary/aromatic N) is 2. The van der Waals surface area contributed by atoms with E-state index < -0.39 is 0 Å². The van der Waals surface area contributed by atoms with Crippen LogP contribution >= 0.6 is 0 Å². The molecule has 0 N–H and O–H groups in total. The van der Waals surface area contributed by atoms with E-state index >= 15 is 0 Å². The van der Waals surface area contributed by atoms with Crippen LogP contribution in [0, 0.1) is 20.8 Å². The molecule has 3 nitrogen and oxygen atoms in total. The van der Waals surface area contributed by atoms with Crippen molar-refractivity contribution in [1.82, 2.24) is 4.57 Å². The highest BCUT2D eigenvalue weighted by Gasteiger charge is 2.21. The van der Waals surface area contributed by atoms with E-state index in [0.717, 1.165) is 55.8 Å². The molecule has 2 heterocycles. The average molecular weight is 695 g/mol. The molecule has 0 unspecified atom stereocenters. The maximum atomic E-state index is 6.70. The first kappa shape index (κ1) is 31.9. The molecular formula is C51H38N2O. The number of hydrogen-bond acceptors (Lipinski definition) is 2. The van der Waals surface area contributed by atoms with Crippen LogP contribution in [0.3, 0.4) is 0 Å². The van der Waals surface area contributed by atoms with Gasteiger partial charge in [0.15, 0.2) is 0 Å². The first-order valence-corrected chi connectivity index (χ1v) is 18.6. The van der Waals surface area contributed by atoms with Gasteiger partial charge in [0.2, 0.25) is 0 Å². The molecule has 54 heavy (non-hydrogen) atoms. The first-order chi connectivity index (χ1) is 26.5. The molecular weight excluding hydrogens is 657 g/mol. The van der Waals surface area contributed by atoms with Crippen LogP contribution in [0.1, 0.15) is 16.7 Å². The van der Waals surface area contributed by atoms with E-state index in [1.54, 1.807) is 0 Å². The standard InChI is InChI=1S/C51H38N2O/c1-33-14-13-17-39(28-33)52(40-29-34(2)50(35(3)30-40)37-15-5-4-6-16-37)41-31-45(51-46(32-41)44-20-9-12-23-49(44)54-51)36-24-26-38(27-25-36)53-47-21-10-7-18-42(47)43-19-8-11-22-48(43)53/h4-32H,1-3H3. The molecule has 2 aromatic heterocycles. The number of furan rings is 1. The summed E-state index contributed by atoms with van der Waals surface area (Å²) in [6.07, 6.45) is 0. The highest BCUT2D eigenvalue weighted by molar-refractivity contribution is 6.12. The van der Waals surface area contributed by atoms with Crippen molar-refractivity contribution in [2.75, 3.05) is 4.90 Å². The maximum Gasteiger partial charge on any atom is 0.143 e. The summed E-state index contributed by atoms with van der Waals surface area (Å²) in [6.45, 7) is 6.61. The Morgan fingerprint density at radius 3 is 1.74 bits per heavy atom. The molecule has 8 aromatic carbocycles. The van der Waals surface area contributed by atoms with E-state index in [9.17, 15) is 0 Å². The summed E-state index contributed by atoms with van der Waals surface area (Å²) in [5.74, 6) is 0. The number of benzene rings is 8. The van der Waals surface area contributed by atoms with Crippen LogP contribution < -0.4 is 4.90 Å². The monoisotopic (exact) mass is 694 g/mol. The second kappa shape index (κ2) is 12.7. The van der Waals surface area contributed by atoms with Crippen molar-refractivity contribution in [3.8, 4) is 27.9 Å². The van der Waals surface area contributed by atoms with Crippen LogP contribution in [0.5, 0.6) is 0 Å². The second-order valence-corrected chi connectivity index (χ2v) is 14.4. The molecule has 0 spiro atoms. The molecule has 0 radical (unpaired) electrons. The molecule has 0 saturated carbocycles. The van der Waals surface area contributed by atoms with Crippen molar-refractivity contribution in [2.24, 2.45) is 0 Å². The Morgan fingerprint density at radius 2 is 1.06 bits per heavy atom. The normalized spacial score (nSPS) is 11.6. The first-order valence-electron chi connectivity index (χ1n) is 18.6. The fraction of sp³-hybridized carbons (Fsp3) is 0.0588. The lowest BCUT2D eigenvalue weighted by molar-refractivity contribution is 0.670. The summed E-state index contributed by atoms with van der Waals surface area (Å²) in [5.41, 5.74) is 17.0. The zero-order valence-corrected chi connectivity index (χ0v) is 30.5. The summed E-state index contributed by atoms with van der Waals surface area (Å²) in [7, 11) is 0. The highest BCUT2D eigenvalue weighted by atomic mass is 16.3. The topological polar surface area (TPSA) is 21.3 Å². The third kappa shape index (κ3) is 5.20. The largest absolute Gasteiger partial charge is 0.455 e. The molecule has 0 aliphatic rings. The Balaban J connectivity index is 1.18. The Labute approximate surface area is 315 Å². The van der Waals surface area contributed by atoms with Gasteiger partial charge in [0.1, 0.15) is 11.2 Å². The Hall–Kier alpha value is -6.84. The van der Waals surface area contributed by atoms with E-state index in [1.165, 1.54) is 49.6 Å². The van der Waals surface area contributed by atoms with E-state index in [1.807, 2.05) is 6.07 Å². The van der Waals surface area contributed by atoms with E-state index in [4.69, 9.17) is 4.42 Å². The molecule has 10 aromatic rings. The number of rotatable bonds is 6. The van der Waals surface area contributed by atoms with Crippen molar-refractivity contribution in [3.05, 3.63) is 193 Å². The molecule has 0 bridgehead atoms. The van der Waals surface area contributed by atoms with Crippen LogP contribution in [0.2, 0.25) is 0 Å². The summed E-state index contributed by atoms with van der Waals surface area (Å²) in [5, 5.41) is 4.71. The molecule has 0 amide bonds. The van der Waals surface area contributed by atoms with Crippen molar-refractivity contribution >= 4 is 60.8 Å². The molecule has 0 aliphatic heterocycles. The van der Waals surface area contributed by atoms with Crippen molar-refractivity contribution in [2.45, 2.75) is 20.8 Å². The third-order valence-corrected chi connectivity index (χ3v) is 10.8. The van der Waals surface area contributed by atoms with Gasteiger partial charge in [-0.15, -0.1) is 0 Å². The van der Waals surface area contributed by atoms with E-state index in [0.29, 0.717) is 0 Å². The minimum absolute atomic E-state index is 0.883. The lowest BCUT2D eigenvalue weighted by Gasteiger charge is -2.28. The molecule has 258 valence electrons. The van der Waals surface area contributed by atoms with Gasteiger partial charge in [0, 0.05) is 49.9 Å². The number of aryl methyl sites for hydroxylation is 3. The van der Waals surface area contributed by atoms with Gasteiger partial charge in [-0.25, -0.2) is 0 Å². The molecule has 0 saturated heterocycles. The second-order valence-electron chi connectivity index (χ2n) is 14.4. The third-order valence-electron chi connectivity index (χ3n) is 10.8. The summed E-state index contributed by atoms with van der Waals surface area (Å²) < 4.78 is 9.07. The number of anilines is 3. The quantitative estimate of drug-likeness (QED) is 0.173. The van der Waals surface area contributed by atoms with Gasteiger partial charge in [-0.2, -0.15) is 0 Å². The minimum Gasteiger partial charge on any atom is -0.455 e. The number of fused-ring (bicyclic) bond motifs is 6. The van der Waals surface area contributed by atoms with Crippen LogP contribution in [0.25, 0.3) is 71.7 Å².